The van der Waals surface area contributed by atoms with Crippen molar-refractivity contribution in [2.75, 3.05) is 0 Å². The fourth-order valence-corrected chi connectivity index (χ4v) is 10.3. The maximum absolute atomic E-state index is 5.18. The minimum atomic E-state index is 0.621. The fourth-order valence-electron chi connectivity index (χ4n) is 10.3. The van der Waals surface area contributed by atoms with Crippen LogP contribution in [-0.4, -0.2) is 19.5 Å². The summed E-state index contributed by atoms with van der Waals surface area (Å²) >= 11 is 0. The van der Waals surface area contributed by atoms with Crippen molar-refractivity contribution in [2.45, 2.75) is 33.1 Å². The highest BCUT2D eigenvalue weighted by Crippen LogP contribution is 2.36. The molecule has 0 amide bonds. The number of benzene rings is 9. The lowest BCUT2D eigenvalue weighted by atomic mass is 9.94. The van der Waals surface area contributed by atoms with Crippen LogP contribution in [-0.2, 0) is 0 Å². The number of rotatable bonds is 11. The molecule has 1 aliphatic rings. The Morgan fingerprint density at radius 1 is 0.458 bits per heavy atom. The van der Waals surface area contributed by atoms with E-state index in [1.165, 1.54) is 60.8 Å². The van der Waals surface area contributed by atoms with Crippen LogP contribution in [0.2, 0.25) is 0 Å². The van der Waals surface area contributed by atoms with Gasteiger partial charge in [-0.3, -0.25) is 0 Å². The monoisotopic (exact) mass is 924 g/mol. The first-order chi connectivity index (χ1) is 35.5. The van der Waals surface area contributed by atoms with Gasteiger partial charge in [0.2, 0.25) is 0 Å². The minimum absolute atomic E-state index is 0.621. The molecule has 0 bridgehead atoms. The van der Waals surface area contributed by atoms with Gasteiger partial charge in [-0.2, -0.15) is 0 Å². The summed E-state index contributed by atoms with van der Waals surface area (Å²) in [6.45, 7) is 4.40. The molecule has 11 aromatic rings. The summed E-state index contributed by atoms with van der Waals surface area (Å²) < 4.78 is 2.38. The molecule has 9 aromatic carbocycles. The van der Waals surface area contributed by atoms with Crippen molar-refractivity contribution in [3.8, 4) is 84.4 Å². The quantitative estimate of drug-likeness (QED) is 0.130. The number of aromatic nitrogens is 4. The molecule has 0 fully saturated rings. The van der Waals surface area contributed by atoms with Gasteiger partial charge in [-0.25, -0.2) is 15.0 Å². The minimum Gasteiger partial charge on any atom is -0.313 e. The number of hydrogen-bond acceptors (Lipinski definition) is 3. The predicted molar refractivity (Wildman–Crippen MR) is 303 cm³/mol. The van der Waals surface area contributed by atoms with E-state index < -0.39 is 0 Å². The molecule has 0 unspecified atom stereocenters. The van der Waals surface area contributed by atoms with E-state index in [1.54, 1.807) is 0 Å². The molecule has 0 atom stereocenters. The van der Waals surface area contributed by atoms with Crippen molar-refractivity contribution < 1.29 is 0 Å². The molecule has 0 radical (unpaired) electrons. The van der Waals surface area contributed by atoms with Gasteiger partial charge in [-0.15, -0.1) is 0 Å². The normalized spacial score (nSPS) is 12.5. The van der Waals surface area contributed by atoms with Crippen molar-refractivity contribution in [2.24, 2.45) is 0 Å². The summed E-state index contributed by atoms with van der Waals surface area (Å²) in [5, 5.41) is 3.74. The first kappa shape index (κ1) is 44.2. The lowest BCUT2D eigenvalue weighted by Gasteiger charge is -2.12. The third kappa shape index (κ3) is 8.69. The number of nitrogens with zero attached hydrogens (tertiary/aromatic N) is 4. The Morgan fingerprint density at radius 3 is 1.57 bits per heavy atom. The standard InChI is InChI=1S/C68H52N4/c1-3-4-26-61-46(2)72(65-30-11-10-28-64(61)65)60-25-14-23-58(45-60)50-35-41-54(42-36-50)68-70-66(52-37-31-48(32-38-52)56-21-12-20-55(43-56)47-16-6-5-7-17-47)69-67(71-68)53-39-33-49(34-40-53)57-22-13-24-59(44-57)63-29-15-19-51-18-8-9-27-62(51)63/h4-6,8-16,18-45H,3,7,17H2,1-2H3/b26-4-. The van der Waals surface area contributed by atoms with Crippen molar-refractivity contribution in [3.05, 3.63) is 253 Å². The van der Waals surface area contributed by atoms with E-state index >= 15 is 0 Å². The summed E-state index contributed by atoms with van der Waals surface area (Å²) in [5.74, 6) is 1.87. The van der Waals surface area contributed by atoms with Crippen LogP contribution in [0.4, 0.5) is 0 Å². The van der Waals surface area contributed by atoms with Crippen LogP contribution in [0.25, 0.3) is 118 Å². The van der Waals surface area contributed by atoms with E-state index in [2.05, 4.69) is 261 Å². The van der Waals surface area contributed by atoms with Crippen LogP contribution in [0.3, 0.4) is 0 Å². The zero-order valence-electron chi connectivity index (χ0n) is 40.5. The SMILES string of the molecule is CC/C=C\c1c(C)n(-c2cccc(-c3ccc(-c4nc(-c5ccc(-c6cccc(C7=CC=CCC7)c6)cc5)nc(-c5ccc(-c6cccc(-c7cccc8ccccc78)c6)cc5)n4)cc3)c2)c2ccccc12. The molecule has 344 valence electrons. The van der Waals surface area contributed by atoms with Crippen LogP contribution in [0.1, 0.15) is 43.0 Å². The van der Waals surface area contributed by atoms with Gasteiger partial charge in [0.05, 0.1) is 5.52 Å². The summed E-state index contributed by atoms with van der Waals surface area (Å²) in [7, 11) is 0. The summed E-state index contributed by atoms with van der Waals surface area (Å²) in [6.07, 6.45) is 14.3. The molecule has 0 saturated carbocycles. The Labute approximate surface area is 421 Å². The highest BCUT2D eigenvalue weighted by Gasteiger charge is 2.17. The van der Waals surface area contributed by atoms with E-state index in [4.69, 9.17) is 15.0 Å². The van der Waals surface area contributed by atoms with Gasteiger partial charge < -0.3 is 4.57 Å². The Bertz CT molecular complexity index is 3880. The molecule has 1 aliphatic carbocycles. The molecule has 12 rings (SSSR count). The molecule has 0 aliphatic heterocycles. The van der Waals surface area contributed by atoms with E-state index in [0.717, 1.165) is 69.5 Å². The van der Waals surface area contributed by atoms with E-state index in [1.807, 2.05) is 0 Å². The Morgan fingerprint density at radius 2 is 0.958 bits per heavy atom. The molecule has 4 heteroatoms. The summed E-state index contributed by atoms with van der Waals surface area (Å²) in [5.41, 5.74) is 19.5. The average Bonchev–Trinajstić information content (AvgIpc) is 3.74. The van der Waals surface area contributed by atoms with Crippen molar-refractivity contribution >= 4 is 33.3 Å². The number of para-hydroxylation sites is 1. The molecule has 4 nitrogen and oxygen atoms in total. The molecular weight excluding hydrogens is 873 g/mol. The van der Waals surface area contributed by atoms with Crippen LogP contribution >= 0.6 is 0 Å². The lowest BCUT2D eigenvalue weighted by molar-refractivity contribution is 1.05. The second-order valence-electron chi connectivity index (χ2n) is 18.6. The van der Waals surface area contributed by atoms with Gasteiger partial charge in [-0.05, 0) is 123 Å². The van der Waals surface area contributed by atoms with Crippen LogP contribution in [0.15, 0.2) is 237 Å². The molecular formula is C68H52N4. The molecule has 72 heavy (non-hydrogen) atoms. The van der Waals surface area contributed by atoms with Gasteiger partial charge in [-0.1, -0.05) is 219 Å². The van der Waals surface area contributed by atoms with Gasteiger partial charge in [0.1, 0.15) is 0 Å². The average molecular weight is 925 g/mol. The molecule has 0 saturated heterocycles. The Balaban J connectivity index is 0.890. The number of hydrogen-bond donors (Lipinski definition) is 0. The first-order valence-electron chi connectivity index (χ1n) is 25.0. The van der Waals surface area contributed by atoms with E-state index in [9.17, 15) is 0 Å². The lowest BCUT2D eigenvalue weighted by Crippen LogP contribution is -2.00. The largest absolute Gasteiger partial charge is 0.313 e. The highest BCUT2D eigenvalue weighted by molar-refractivity contribution is 5.97. The maximum Gasteiger partial charge on any atom is 0.164 e. The van der Waals surface area contributed by atoms with Crippen LogP contribution in [0.5, 0.6) is 0 Å². The number of allylic oxidation sites excluding steroid dienone is 5. The topological polar surface area (TPSA) is 43.6 Å². The van der Waals surface area contributed by atoms with Crippen LogP contribution < -0.4 is 0 Å². The molecule has 0 spiro atoms. The second kappa shape index (κ2) is 19.4. The summed E-state index contributed by atoms with van der Waals surface area (Å²) in [4.78, 5) is 15.5. The predicted octanol–water partition coefficient (Wildman–Crippen LogP) is 18.1. The van der Waals surface area contributed by atoms with Crippen molar-refractivity contribution in [1.29, 1.82) is 0 Å². The third-order valence-corrected chi connectivity index (χ3v) is 14.1. The third-order valence-electron chi connectivity index (χ3n) is 14.1. The van der Waals surface area contributed by atoms with Gasteiger partial charge in [0.15, 0.2) is 17.5 Å². The maximum atomic E-state index is 5.18. The molecule has 2 aromatic heterocycles. The van der Waals surface area contributed by atoms with E-state index in [0.29, 0.717) is 17.5 Å². The highest BCUT2D eigenvalue weighted by atomic mass is 15.0. The van der Waals surface area contributed by atoms with Crippen molar-refractivity contribution in [3.63, 3.8) is 0 Å². The van der Waals surface area contributed by atoms with Gasteiger partial charge >= 0.3 is 0 Å². The van der Waals surface area contributed by atoms with Crippen molar-refractivity contribution in [1.82, 2.24) is 19.5 Å². The zero-order valence-corrected chi connectivity index (χ0v) is 40.5. The fraction of sp³-hybridized carbons (Fsp3) is 0.0735. The van der Waals surface area contributed by atoms with Gasteiger partial charge in [0.25, 0.3) is 0 Å². The van der Waals surface area contributed by atoms with Crippen LogP contribution in [0, 0.1) is 6.92 Å². The Kier molecular flexibility index (Phi) is 11.9. The zero-order chi connectivity index (χ0) is 48.4. The second-order valence-corrected chi connectivity index (χ2v) is 18.6. The molecule has 2 heterocycles. The smallest absolute Gasteiger partial charge is 0.164 e. The summed E-state index contributed by atoms with van der Waals surface area (Å²) in [6, 6.07) is 76.1. The first-order valence-corrected chi connectivity index (χ1v) is 25.0. The Hall–Kier alpha value is -8.99. The van der Waals surface area contributed by atoms with E-state index in [-0.39, 0.29) is 0 Å². The molecule has 0 N–H and O–H groups in total. The number of fused-ring (bicyclic) bond motifs is 2. The van der Waals surface area contributed by atoms with Gasteiger partial charge in [0, 0.05) is 39.0 Å².